The molecule has 4 aromatic rings. The SMILES string of the molecule is Cc1cccc(C(CN2CCc3c(c(C(=O)NCc4ccccc4)nn3CCO)C2)c2ccccc2)c1. The van der Waals surface area contributed by atoms with Gasteiger partial charge in [0.1, 0.15) is 0 Å². The van der Waals surface area contributed by atoms with Crippen molar-refractivity contribution in [1.29, 1.82) is 0 Å². The molecule has 0 saturated carbocycles. The molecule has 0 bridgehead atoms. The Labute approximate surface area is 218 Å². The van der Waals surface area contributed by atoms with Crippen molar-refractivity contribution in [2.75, 3.05) is 19.7 Å². The fourth-order valence-electron chi connectivity index (χ4n) is 5.26. The summed E-state index contributed by atoms with van der Waals surface area (Å²) >= 11 is 0. The Morgan fingerprint density at radius 3 is 2.46 bits per heavy atom. The summed E-state index contributed by atoms with van der Waals surface area (Å²) < 4.78 is 1.82. The summed E-state index contributed by atoms with van der Waals surface area (Å²) in [6.45, 7) is 5.36. The zero-order chi connectivity index (χ0) is 25.6. The number of aromatic nitrogens is 2. The highest BCUT2D eigenvalue weighted by Crippen LogP contribution is 2.30. The predicted molar refractivity (Wildman–Crippen MR) is 145 cm³/mol. The summed E-state index contributed by atoms with van der Waals surface area (Å²) in [5, 5.41) is 17.3. The lowest BCUT2D eigenvalue weighted by molar-refractivity contribution is 0.0942. The summed E-state index contributed by atoms with van der Waals surface area (Å²) in [5.41, 5.74) is 7.38. The third-order valence-electron chi connectivity index (χ3n) is 7.12. The number of carbonyl (C=O) groups is 1. The van der Waals surface area contributed by atoms with Crippen LogP contribution < -0.4 is 5.32 Å². The number of benzene rings is 3. The summed E-state index contributed by atoms with van der Waals surface area (Å²) in [6, 6.07) is 29.3. The molecule has 0 spiro atoms. The summed E-state index contributed by atoms with van der Waals surface area (Å²) in [5.74, 6) is 0.0578. The van der Waals surface area contributed by atoms with Crippen molar-refractivity contribution in [2.24, 2.45) is 0 Å². The van der Waals surface area contributed by atoms with Gasteiger partial charge in [0.25, 0.3) is 5.91 Å². The minimum absolute atomic E-state index is 0.00759. The van der Waals surface area contributed by atoms with Gasteiger partial charge in [-0.2, -0.15) is 5.10 Å². The van der Waals surface area contributed by atoms with Gasteiger partial charge >= 0.3 is 0 Å². The van der Waals surface area contributed by atoms with E-state index in [1.54, 1.807) is 0 Å². The maximum absolute atomic E-state index is 13.2. The van der Waals surface area contributed by atoms with E-state index in [1.807, 2.05) is 35.0 Å². The van der Waals surface area contributed by atoms with Gasteiger partial charge < -0.3 is 10.4 Å². The molecule has 0 fully saturated rings. The Bertz CT molecular complexity index is 1330. The van der Waals surface area contributed by atoms with E-state index >= 15 is 0 Å². The molecular weight excluding hydrogens is 460 g/mol. The molecule has 190 valence electrons. The maximum atomic E-state index is 13.2. The lowest BCUT2D eigenvalue weighted by Gasteiger charge is -2.31. The number of nitrogens with zero attached hydrogens (tertiary/aromatic N) is 3. The number of hydrogen-bond acceptors (Lipinski definition) is 4. The molecule has 6 nitrogen and oxygen atoms in total. The Balaban J connectivity index is 1.39. The van der Waals surface area contributed by atoms with Crippen LogP contribution in [0.15, 0.2) is 84.9 Å². The molecule has 1 atom stereocenters. The number of amides is 1. The lowest BCUT2D eigenvalue weighted by Crippen LogP contribution is -2.36. The first kappa shape index (κ1) is 24.9. The van der Waals surface area contributed by atoms with Crippen LogP contribution in [-0.4, -0.2) is 45.4 Å². The zero-order valence-corrected chi connectivity index (χ0v) is 21.3. The first-order valence-corrected chi connectivity index (χ1v) is 13.0. The van der Waals surface area contributed by atoms with E-state index in [9.17, 15) is 9.90 Å². The number of hydrogen-bond donors (Lipinski definition) is 2. The molecule has 6 heteroatoms. The van der Waals surface area contributed by atoms with Crippen molar-refractivity contribution < 1.29 is 9.90 Å². The van der Waals surface area contributed by atoms with Gasteiger partial charge in [-0.25, -0.2) is 0 Å². The molecule has 1 amide bonds. The second-order valence-corrected chi connectivity index (χ2v) is 9.75. The van der Waals surface area contributed by atoms with E-state index in [0.29, 0.717) is 25.3 Å². The molecule has 2 heterocycles. The van der Waals surface area contributed by atoms with Crippen molar-refractivity contribution >= 4 is 5.91 Å². The Hall–Kier alpha value is -3.74. The highest BCUT2D eigenvalue weighted by Gasteiger charge is 2.29. The van der Waals surface area contributed by atoms with Crippen molar-refractivity contribution in [3.8, 4) is 0 Å². The van der Waals surface area contributed by atoms with E-state index in [0.717, 1.165) is 36.3 Å². The molecule has 3 aromatic carbocycles. The molecular formula is C31H34N4O2. The summed E-state index contributed by atoms with van der Waals surface area (Å²) in [4.78, 5) is 15.7. The molecule has 1 aliphatic heterocycles. The van der Waals surface area contributed by atoms with Crippen molar-refractivity contribution in [3.05, 3.63) is 124 Å². The van der Waals surface area contributed by atoms with Crippen LogP contribution in [0, 0.1) is 6.92 Å². The normalized spacial score (nSPS) is 14.2. The van der Waals surface area contributed by atoms with Crippen LogP contribution in [0.5, 0.6) is 0 Å². The van der Waals surface area contributed by atoms with Gasteiger partial charge in [-0.1, -0.05) is 90.5 Å². The van der Waals surface area contributed by atoms with Crippen LogP contribution >= 0.6 is 0 Å². The van der Waals surface area contributed by atoms with E-state index in [2.05, 4.69) is 76.8 Å². The third-order valence-corrected chi connectivity index (χ3v) is 7.12. The van der Waals surface area contributed by atoms with Gasteiger partial charge in [-0.05, 0) is 23.6 Å². The molecule has 1 aromatic heterocycles. The second-order valence-electron chi connectivity index (χ2n) is 9.75. The van der Waals surface area contributed by atoms with Crippen LogP contribution in [-0.2, 0) is 26.1 Å². The van der Waals surface area contributed by atoms with Crippen LogP contribution in [0.3, 0.4) is 0 Å². The van der Waals surface area contributed by atoms with Crippen molar-refractivity contribution in [1.82, 2.24) is 20.0 Å². The molecule has 37 heavy (non-hydrogen) atoms. The molecule has 5 rings (SSSR count). The molecule has 0 radical (unpaired) electrons. The van der Waals surface area contributed by atoms with Crippen LogP contribution in [0.1, 0.15) is 49.9 Å². The van der Waals surface area contributed by atoms with Gasteiger partial charge in [-0.3, -0.25) is 14.4 Å². The van der Waals surface area contributed by atoms with Gasteiger partial charge in [0.15, 0.2) is 5.69 Å². The fraction of sp³-hybridized carbons (Fsp3) is 0.290. The third kappa shape index (κ3) is 5.82. The molecule has 1 unspecified atom stereocenters. The van der Waals surface area contributed by atoms with Crippen LogP contribution in [0.2, 0.25) is 0 Å². The number of carbonyl (C=O) groups excluding carboxylic acids is 1. The first-order valence-electron chi connectivity index (χ1n) is 13.0. The van der Waals surface area contributed by atoms with Crippen molar-refractivity contribution in [3.63, 3.8) is 0 Å². The number of aliphatic hydroxyl groups is 1. The fourth-order valence-corrected chi connectivity index (χ4v) is 5.26. The summed E-state index contributed by atoms with van der Waals surface area (Å²) in [6.07, 6.45) is 0.795. The van der Waals surface area contributed by atoms with Gasteiger partial charge in [0.05, 0.1) is 13.2 Å². The lowest BCUT2D eigenvalue weighted by atomic mass is 9.89. The average molecular weight is 495 g/mol. The Morgan fingerprint density at radius 1 is 1.00 bits per heavy atom. The number of aliphatic hydroxyl groups excluding tert-OH is 1. The van der Waals surface area contributed by atoms with Crippen molar-refractivity contribution in [2.45, 2.75) is 38.9 Å². The maximum Gasteiger partial charge on any atom is 0.272 e. The highest BCUT2D eigenvalue weighted by atomic mass is 16.3. The topological polar surface area (TPSA) is 70.4 Å². The number of nitrogens with one attached hydrogen (secondary N) is 1. The Kier molecular flexibility index (Phi) is 7.78. The smallest absolute Gasteiger partial charge is 0.272 e. The highest BCUT2D eigenvalue weighted by molar-refractivity contribution is 5.94. The van der Waals surface area contributed by atoms with E-state index in [4.69, 9.17) is 0 Å². The number of aryl methyl sites for hydroxylation is 1. The number of rotatable bonds is 9. The predicted octanol–water partition coefficient (Wildman–Crippen LogP) is 4.30. The standard InChI is InChI=1S/C31H34N4O2/c1-23-9-8-14-26(19-23)27(25-12-6-3-7-13-25)21-34-16-15-29-28(22-34)30(33-35(29)17-18-36)31(37)32-20-24-10-4-2-5-11-24/h2-14,19,27,36H,15-18,20-22H2,1H3,(H,32,37). The van der Waals surface area contributed by atoms with Gasteiger partial charge in [-0.15, -0.1) is 0 Å². The zero-order valence-electron chi connectivity index (χ0n) is 21.3. The molecule has 1 aliphatic rings. The van der Waals surface area contributed by atoms with Gasteiger partial charge in [0, 0.05) is 49.8 Å². The van der Waals surface area contributed by atoms with Crippen LogP contribution in [0.4, 0.5) is 0 Å². The van der Waals surface area contributed by atoms with Crippen LogP contribution in [0.25, 0.3) is 0 Å². The molecule has 0 aliphatic carbocycles. The minimum atomic E-state index is -0.170. The van der Waals surface area contributed by atoms with E-state index in [1.165, 1.54) is 16.7 Å². The first-order chi connectivity index (χ1) is 18.1. The molecule has 0 saturated heterocycles. The minimum Gasteiger partial charge on any atom is -0.394 e. The summed E-state index contributed by atoms with van der Waals surface area (Å²) in [7, 11) is 0. The molecule has 2 N–H and O–H groups in total. The van der Waals surface area contributed by atoms with E-state index < -0.39 is 0 Å². The largest absolute Gasteiger partial charge is 0.394 e. The van der Waals surface area contributed by atoms with Gasteiger partial charge in [0.2, 0.25) is 0 Å². The van der Waals surface area contributed by atoms with E-state index in [-0.39, 0.29) is 18.4 Å². The Morgan fingerprint density at radius 2 is 1.73 bits per heavy atom. The second kappa shape index (κ2) is 11.5. The quantitative estimate of drug-likeness (QED) is 0.364. The average Bonchev–Trinajstić information content (AvgIpc) is 3.29. The monoisotopic (exact) mass is 494 g/mol. The number of fused-ring (bicyclic) bond motifs is 1.